The second-order valence-corrected chi connectivity index (χ2v) is 3.89. The van der Waals surface area contributed by atoms with Crippen LogP contribution >= 0.6 is 11.8 Å². The van der Waals surface area contributed by atoms with E-state index in [9.17, 15) is 9.59 Å². The summed E-state index contributed by atoms with van der Waals surface area (Å²) in [7, 11) is 0. The zero-order valence-electron chi connectivity index (χ0n) is 9.39. The SMILES string of the molecule is O=C(NCl)c1ccc(C(=O)c2ccccc2)cc1. The molecule has 4 heteroatoms. The van der Waals surface area contributed by atoms with Crippen LogP contribution in [0, 0.1) is 0 Å². The molecule has 1 N–H and O–H groups in total. The molecule has 2 rings (SSSR count). The third-order valence-corrected chi connectivity index (χ3v) is 2.70. The Kier molecular flexibility index (Phi) is 3.75. The van der Waals surface area contributed by atoms with Crippen LogP contribution in [0.15, 0.2) is 54.6 Å². The highest BCUT2D eigenvalue weighted by atomic mass is 35.5. The third kappa shape index (κ3) is 2.57. The first-order chi connectivity index (χ1) is 8.72. The van der Waals surface area contributed by atoms with Crippen molar-refractivity contribution < 1.29 is 9.59 Å². The van der Waals surface area contributed by atoms with E-state index in [1.54, 1.807) is 36.4 Å². The number of carbonyl (C=O) groups is 2. The van der Waals surface area contributed by atoms with Gasteiger partial charge in [-0.1, -0.05) is 42.5 Å². The van der Waals surface area contributed by atoms with Gasteiger partial charge in [-0.25, -0.2) is 0 Å². The van der Waals surface area contributed by atoms with Crippen LogP contribution in [-0.2, 0) is 0 Å². The normalized spacial score (nSPS) is 9.83. The van der Waals surface area contributed by atoms with Gasteiger partial charge < -0.3 is 0 Å². The van der Waals surface area contributed by atoms with Crippen molar-refractivity contribution in [3.05, 3.63) is 71.3 Å². The molecule has 0 atom stereocenters. The summed E-state index contributed by atoms with van der Waals surface area (Å²) in [6.07, 6.45) is 0. The molecule has 2 aromatic carbocycles. The molecule has 0 bridgehead atoms. The van der Waals surface area contributed by atoms with Crippen LogP contribution in [0.5, 0.6) is 0 Å². The van der Waals surface area contributed by atoms with Crippen molar-refractivity contribution in [2.24, 2.45) is 0 Å². The fraction of sp³-hybridized carbons (Fsp3) is 0. The third-order valence-electron chi connectivity index (χ3n) is 2.53. The lowest BCUT2D eigenvalue weighted by Gasteiger charge is -2.02. The van der Waals surface area contributed by atoms with Crippen molar-refractivity contribution >= 4 is 23.5 Å². The van der Waals surface area contributed by atoms with Gasteiger partial charge in [-0.3, -0.25) is 14.4 Å². The molecule has 0 saturated carbocycles. The van der Waals surface area contributed by atoms with E-state index in [2.05, 4.69) is 0 Å². The molecule has 0 spiro atoms. The summed E-state index contributed by atoms with van der Waals surface area (Å²) in [5.74, 6) is -0.469. The number of amides is 1. The van der Waals surface area contributed by atoms with Gasteiger partial charge in [0.15, 0.2) is 5.78 Å². The molecule has 0 aromatic heterocycles. The summed E-state index contributed by atoms with van der Waals surface area (Å²) in [5, 5.41) is 0. The number of nitrogens with one attached hydrogen (secondary N) is 1. The average Bonchev–Trinajstić information content (AvgIpc) is 2.47. The van der Waals surface area contributed by atoms with E-state index in [1.165, 1.54) is 0 Å². The average molecular weight is 260 g/mol. The van der Waals surface area contributed by atoms with Gasteiger partial charge in [0.1, 0.15) is 0 Å². The minimum atomic E-state index is -0.393. The van der Waals surface area contributed by atoms with E-state index in [0.717, 1.165) is 0 Å². The Morgan fingerprint density at radius 1 is 0.778 bits per heavy atom. The summed E-state index contributed by atoms with van der Waals surface area (Å²) in [6, 6.07) is 15.3. The van der Waals surface area contributed by atoms with Gasteiger partial charge in [-0.05, 0) is 12.1 Å². The maximum Gasteiger partial charge on any atom is 0.265 e. The number of carbonyl (C=O) groups excluding carboxylic acids is 2. The monoisotopic (exact) mass is 259 g/mol. The summed E-state index contributed by atoms with van der Waals surface area (Å²) in [5.41, 5.74) is 1.56. The quantitative estimate of drug-likeness (QED) is 0.681. The predicted octanol–water partition coefficient (Wildman–Crippen LogP) is 2.80. The van der Waals surface area contributed by atoms with E-state index in [4.69, 9.17) is 11.8 Å². The van der Waals surface area contributed by atoms with Crippen LogP contribution < -0.4 is 4.84 Å². The zero-order valence-corrected chi connectivity index (χ0v) is 10.1. The molecule has 0 unspecified atom stereocenters. The van der Waals surface area contributed by atoms with Gasteiger partial charge in [0, 0.05) is 28.5 Å². The van der Waals surface area contributed by atoms with Crippen molar-refractivity contribution in [2.75, 3.05) is 0 Å². The fourth-order valence-corrected chi connectivity index (χ4v) is 1.69. The number of benzene rings is 2. The molecule has 2 aromatic rings. The molecule has 3 nitrogen and oxygen atoms in total. The van der Waals surface area contributed by atoms with Crippen molar-refractivity contribution in [3.63, 3.8) is 0 Å². The Labute approximate surface area is 110 Å². The number of halogens is 1. The summed E-state index contributed by atoms with van der Waals surface area (Å²) < 4.78 is 0. The van der Waals surface area contributed by atoms with Crippen LogP contribution in [-0.4, -0.2) is 11.7 Å². The fourth-order valence-electron chi connectivity index (χ4n) is 1.58. The lowest BCUT2D eigenvalue weighted by atomic mass is 10.0. The Hall–Kier alpha value is -2.13. The summed E-state index contributed by atoms with van der Waals surface area (Å²) >= 11 is 5.22. The highest BCUT2D eigenvalue weighted by Crippen LogP contribution is 2.11. The first kappa shape index (κ1) is 12.3. The number of rotatable bonds is 3. The van der Waals surface area contributed by atoms with Crippen LogP contribution in [0.25, 0.3) is 0 Å². The second-order valence-electron chi connectivity index (χ2n) is 3.70. The molecule has 0 fully saturated rings. The Balaban J connectivity index is 2.25. The topological polar surface area (TPSA) is 46.2 Å². The molecule has 0 radical (unpaired) electrons. The van der Waals surface area contributed by atoms with Crippen molar-refractivity contribution in [2.45, 2.75) is 0 Å². The zero-order chi connectivity index (χ0) is 13.0. The van der Waals surface area contributed by atoms with E-state index < -0.39 is 5.91 Å². The number of ketones is 1. The van der Waals surface area contributed by atoms with Crippen LogP contribution in [0.1, 0.15) is 26.3 Å². The maximum absolute atomic E-state index is 12.1. The lowest BCUT2D eigenvalue weighted by molar-refractivity contribution is 0.0979. The number of hydrogen-bond donors (Lipinski definition) is 1. The van der Waals surface area contributed by atoms with E-state index in [1.807, 2.05) is 23.0 Å². The van der Waals surface area contributed by atoms with Gasteiger partial charge in [0.2, 0.25) is 0 Å². The number of hydrogen-bond acceptors (Lipinski definition) is 2. The molecule has 0 aliphatic heterocycles. The van der Waals surface area contributed by atoms with Gasteiger partial charge in [-0.2, -0.15) is 0 Å². The lowest BCUT2D eigenvalue weighted by Crippen LogP contribution is -2.12. The molecule has 90 valence electrons. The molecule has 0 aliphatic carbocycles. The van der Waals surface area contributed by atoms with Crippen molar-refractivity contribution in [3.8, 4) is 0 Å². The first-order valence-electron chi connectivity index (χ1n) is 5.33. The molecule has 0 aliphatic rings. The predicted molar refractivity (Wildman–Crippen MR) is 69.6 cm³/mol. The first-order valence-corrected chi connectivity index (χ1v) is 5.71. The Morgan fingerprint density at radius 2 is 1.28 bits per heavy atom. The highest BCUT2D eigenvalue weighted by molar-refractivity contribution is 6.24. The maximum atomic E-state index is 12.1. The van der Waals surface area contributed by atoms with Crippen LogP contribution in [0.3, 0.4) is 0 Å². The molecule has 0 saturated heterocycles. The van der Waals surface area contributed by atoms with Crippen molar-refractivity contribution in [1.82, 2.24) is 4.84 Å². The van der Waals surface area contributed by atoms with Gasteiger partial charge in [-0.15, -0.1) is 0 Å². The van der Waals surface area contributed by atoms with E-state index >= 15 is 0 Å². The standard InChI is InChI=1S/C14H10ClNO2/c15-16-14(18)12-8-6-11(7-9-12)13(17)10-4-2-1-3-5-10/h1-9H,(H,16,18). The second kappa shape index (κ2) is 5.47. The molecule has 18 heavy (non-hydrogen) atoms. The summed E-state index contributed by atoms with van der Waals surface area (Å²) in [6.45, 7) is 0. The molecular weight excluding hydrogens is 250 g/mol. The Morgan fingerprint density at radius 3 is 1.83 bits per heavy atom. The summed E-state index contributed by atoms with van der Waals surface area (Å²) in [4.78, 5) is 25.3. The smallest absolute Gasteiger partial charge is 0.265 e. The minimum absolute atomic E-state index is 0.0755. The van der Waals surface area contributed by atoms with Gasteiger partial charge in [0.25, 0.3) is 5.91 Å². The van der Waals surface area contributed by atoms with Gasteiger partial charge in [0.05, 0.1) is 0 Å². The largest absolute Gasteiger partial charge is 0.289 e. The molecular formula is C14H10ClNO2. The van der Waals surface area contributed by atoms with Crippen LogP contribution in [0.4, 0.5) is 0 Å². The van der Waals surface area contributed by atoms with E-state index in [-0.39, 0.29) is 5.78 Å². The minimum Gasteiger partial charge on any atom is -0.289 e. The van der Waals surface area contributed by atoms with Gasteiger partial charge >= 0.3 is 0 Å². The Bertz CT molecular complexity index is 564. The highest BCUT2D eigenvalue weighted by Gasteiger charge is 2.09. The molecule has 1 amide bonds. The van der Waals surface area contributed by atoms with Crippen LogP contribution in [0.2, 0.25) is 0 Å². The molecule has 0 heterocycles. The van der Waals surface area contributed by atoms with E-state index in [0.29, 0.717) is 16.7 Å². The van der Waals surface area contributed by atoms with Crippen molar-refractivity contribution in [1.29, 1.82) is 0 Å².